The molecule has 0 saturated carbocycles. The maximum atomic E-state index is 12.8. The summed E-state index contributed by atoms with van der Waals surface area (Å²) in [5.41, 5.74) is 3.16. The summed E-state index contributed by atoms with van der Waals surface area (Å²) < 4.78 is 5.10. The highest BCUT2D eigenvalue weighted by Crippen LogP contribution is 2.29. The number of piperidine rings is 1. The average Bonchev–Trinajstić information content (AvgIpc) is 3.02. The number of hydrogen-bond donors (Lipinski definition) is 0. The van der Waals surface area contributed by atoms with Gasteiger partial charge in [0.1, 0.15) is 0 Å². The van der Waals surface area contributed by atoms with Crippen molar-refractivity contribution >= 4 is 23.2 Å². The minimum atomic E-state index is -0.135. The zero-order valence-electron chi connectivity index (χ0n) is 16.2. The maximum Gasteiger partial charge on any atom is 0.309 e. The highest BCUT2D eigenvalue weighted by Gasteiger charge is 2.28. The van der Waals surface area contributed by atoms with E-state index >= 15 is 0 Å². The number of rotatable bonds is 5. The number of amides is 1. The fraction of sp³-hybridized carbons (Fsp3) is 0.476. The largest absolute Gasteiger partial charge is 0.466 e. The quantitative estimate of drug-likeness (QED) is 0.734. The van der Waals surface area contributed by atoms with Crippen molar-refractivity contribution in [2.24, 2.45) is 5.92 Å². The Bertz CT molecular complexity index is 805. The molecule has 144 valence electrons. The first kappa shape index (κ1) is 19.5. The average molecular weight is 387 g/mol. The number of ether oxygens (including phenoxy) is 1. The van der Waals surface area contributed by atoms with Crippen molar-refractivity contribution in [2.75, 3.05) is 19.7 Å². The van der Waals surface area contributed by atoms with E-state index in [4.69, 9.17) is 4.74 Å². The van der Waals surface area contributed by atoms with E-state index in [0.717, 1.165) is 21.1 Å². The first-order chi connectivity index (χ1) is 13.0. The fourth-order valence-electron chi connectivity index (χ4n) is 3.40. The van der Waals surface area contributed by atoms with Crippen LogP contribution in [0.25, 0.3) is 11.3 Å². The van der Waals surface area contributed by atoms with E-state index in [9.17, 15) is 9.59 Å². The van der Waals surface area contributed by atoms with Crippen LogP contribution in [0.4, 0.5) is 0 Å². The van der Waals surface area contributed by atoms with Crippen LogP contribution in [0.3, 0.4) is 0 Å². The molecule has 5 nitrogen and oxygen atoms in total. The summed E-state index contributed by atoms with van der Waals surface area (Å²) in [5, 5.41) is 0.967. The van der Waals surface area contributed by atoms with Gasteiger partial charge in [-0.1, -0.05) is 29.8 Å². The van der Waals surface area contributed by atoms with Crippen LogP contribution in [0.5, 0.6) is 0 Å². The molecule has 3 rings (SSSR count). The summed E-state index contributed by atoms with van der Waals surface area (Å²) in [6.07, 6.45) is 1.72. The molecule has 0 unspecified atom stereocenters. The Morgan fingerprint density at radius 3 is 2.48 bits per heavy atom. The normalized spacial score (nSPS) is 15.0. The lowest BCUT2D eigenvalue weighted by Gasteiger charge is -2.30. The molecule has 27 heavy (non-hydrogen) atoms. The van der Waals surface area contributed by atoms with Gasteiger partial charge in [0.25, 0.3) is 0 Å². The van der Waals surface area contributed by atoms with E-state index in [2.05, 4.69) is 36.2 Å². The van der Waals surface area contributed by atoms with Crippen LogP contribution in [-0.4, -0.2) is 41.5 Å². The molecule has 2 aromatic rings. The monoisotopic (exact) mass is 386 g/mol. The second-order valence-corrected chi connectivity index (χ2v) is 8.24. The molecule has 2 heterocycles. The van der Waals surface area contributed by atoms with Crippen molar-refractivity contribution in [2.45, 2.75) is 40.0 Å². The molecule has 0 N–H and O–H groups in total. The van der Waals surface area contributed by atoms with Crippen LogP contribution in [0.2, 0.25) is 0 Å². The first-order valence-corrected chi connectivity index (χ1v) is 10.3. The minimum absolute atomic E-state index is 0.0808. The SMILES string of the molecule is CCOC(=O)C1CCN(C(=O)Cc2sc(C)nc2-c2ccc(C)cc2)CC1. The third-order valence-corrected chi connectivity index (χ3v) is 5.88. The van der Waals surface area contributed by atoms with Gasteiger partial charge in [-0.3, -0.25) is 9.59 Å². The Labute approximate surface area is 164 Å². The molecular weight excluding hydrogens is 360 g/mol. The molecule has 1 aromatic carbocycles. The lowest BCUT2D eigenvalue weighted by molar-refractivity contribution is -0.151. The van der Waals surface area contributed by atoms with Crippen molar-refractivity contribution < 1.29 is 14.3 Å². The van der Waals surface area contributed by atoms with Crippen LogP contribution >= 0.6 is 11.3 Å². The molecule has 1 aliphatic heterocycles. The molecule has 0 atom stereocenters. The van der Waals surface area contributed by atoms with E-state index < -0.39 is 0 Å². The zero-order valence-corrected chi connectivity index (χ0v) is 17.0. The molecule has 0 bridgehead atoms. The third kappa shape index (κ3) is 4.75. The standard InChI is InChI=1S/C21H26N2O3S/c1-4-26-21(25)17-9-11-23(12-10-17)19(24)13-18-20(22-15(3)27-18)16-7-5-14(2)6-8-16/h5-8,17H,4,9-13H2,1-3H3. The zero-order chi connectivity index (χ0) is 19.4. The van der Waals surface area contributed by atoms with Gasteiger partial charge in [-0.2, -0.15) is 0 Å². The molecule has 1 aliphatic rings. The van der Waals surface area contributed by atoms with Gasteiger partial charge in [-0.15, -0.1) is 11.3 Å². The lowest BCUT2D eigenvalue weighted by Crippen LogP contribution is -2.41. The minimum Gasteiger partial charge on any atom is -0.466 e. The Kier molecular flexibility index (Phi) is 6.26. The van der Waals surface area contributed by atoms with E-state index in [1.807, 2.05) is 18.7 Å². The number of aryl methyl sites for hydroxylation is 2. The number of benzene rings is 1. The molecule has 1 fully saturated rings. The number of esters is 1. The number of carbonyl (C=O) groups is 2. The number of aromatic nitrogens is 1. The summed E-state index contributed by atoms with van der Waals surface area (Å²) in [6, 6.07) is 8.25. The number of nitrogens with zero attached hydrogens (tertiary/aromatic N) is 2. The summed E-state index contributed by atoms with van der Waals surface area (Å²) in [5.74, 6) is -0.110. The van der Waals surface area contributed by atoms with Crippen molar-refractivity contribution in [1.82, 2.24) is 9.88 Å². The summed E-state index contributed by atoms with van der Waals surface area (Å²) in [6.45, 7) is 7.48. The summed E-state index contributed by atoms with van der Waals surface area (Å²) >= 11 is 1.59. The number of hydrogen-bond acceptors (Lipinski definition) is 5. The second kappa shape index (κ2) is 8.65. The van der Waals surface area contributed by atoms with Gasteiger partial charge in [-0.25, -0.2) is 4.98 Å². The van der Waals surface area contributed by atoms with Crippen LogP contribution < -0.4 is 0 Å². The van der Waals surface area contributed by atoms with Crippen LogP contribution in [0.15, 0.2) is 24.3 Å². The number of carbonyl (C=O) groups excluding carboxylic acids is 2. The van der Waals surface area contributed by atoms with Gasteiger partial charge in [0.2, 0.25) is 5.91 Å². The Hall–Kier alpha value is -2.21. The number of likely N-dealkylation sites (tertiary alicyclic amines) is 1. The molecule has 1 aromatic heterocycles. The topological polar surface area (TPSA) is 59.5 Å². The van der Waals surface area contributed by atoms with E-state index in [1.54, 1.807) is 11.3 Å². The molecule has 6 heteroatoms. The smallest absolute Gasteiger partial charge is 0.309 e. The molecular formula is C21H26N2O3S. The third-order valence-electron chi connectivity index (χ3n) is 4.91. The Balaban J connectivity index is 1.65. The fourth-order valence-corrected chi connectivity index (χ4v) is 4.35. The number of thiazole rings is 1. The first-order valence-electron chi connectivity index (χ1n) is 9.45. The molecule has 0 spiro atoms. The van der Waals surface area contributed by atoms with Crippen LogP contribution in [0.1, 0.15) is 35.2 Å². The predicted octanol–water partition coefficient (Wildman–Crippen LogP) is 3.77. The highest BCUT2D eigenvalue weighted by atomic mass is 32.1. The summed E-state index contributed by atoms with van der Waals surface area (Å²) in [7, 11) is 0. The van der Waals surface area contributed by atoms with Gasteiger partial charge in [0.15, 0.2) is 0 Å². The second-order valence-electron chi connectivity index (χ2n) is 6.95. The highest BCUT2D eigenvalue weighted by molar-refractivity contribution is 7.12. The van der Waals surface area contributed by atoms with Gasteiger partial charge in [0, 0.05) is 23.5 Å². The van der Waals surface area contributed by atoms with E-state index in [1.165, 1.54) is 5.56 Å². The van der Waals surface area contributed by atoms with E-state index in [-0.39, 0.29) is 17.8 Å². The van der Waals surface area contributed by atoms with Crippen molar-refractivity contribution in [3.8, 4) is 11.3 Å². The van der Waals surface area contributed by atoms with Crippen molar-refractivity contribution in [3.63, 3.8) is 0 Å². The van der Waals surface area contributed by atoms with Crippen LogP contribution in [-0.2, 0) is 20.7 Å². The molecule has 1 saturated heterocycles. The predicted molar refractivity (Wildman–Crippen MR) is 107 cm³/mol. The summed E-state index contributed by atoms with van der Waals surface area (Å²) in [4.78, 5) is 32.2. The Morgan fingerprint density at radius 2 is 1.85 bits per heavy atom. The van der Waals surface area contributed by atoms with Gasteiger partial charge in [-0.05, 0) is 33.6 Å². The van der Waals surface area contributed by atoms with Gasteiger partial charge in [0.05, 0.1) is 29.6 Å². The van der Waals surface area contributed by atoms with E-state index in [0.29, 0.717) is 39.0 Å². The molecule has 1 amide bonds. The maximum absolute atomic E-state index is 12.8. The Morgan fingerprint density at radius 1 is 1.19 bits per heavy atom. The molecule has 0 radical (unpaired) electrons. The van der Waals surface area contributed by atoms with Gasteiger partial charge >= 0.3 is 5.97 Å². The molecule has 0 aliphatic carbocycles. The van der Waals surface area contributed by atoms with Crippen molar-refractivity contribution in [1.29, 1.82) is 0 Å². The van der Waals surface area contributed by atoms with Crippen LogP contribution in [0, 0.1) is 19.8 Å². The van der Waals surface area contributed by atoms with Crippen molar-refractivity contribution in [3.05, 3.63) is 39.7 Å². The van der Waals surface area contributed by atoms with Gasteiger partial charge < -0.3 is 9.64 Å². The lowest BCUT2D eigenvalue weighted by atomic mass is 9.96.